The number of amides is 1. The number of carbonyl (C=O) groups excluding carboxylic acids is 1. The molecule has 2 rings (SSSR count). The molecule has 2 unspecified atom stereocenters. The maximum atomic E-state index is 12.6. The third-order valence-corrected chi connectivity index (χ3v) is 5.78. The van der Waals surface area contributed by atoms with Crippen LogP contribution in [0.1, 0.15) is 59.8 Å². The Balaban J connectivity index is 1.94. The predicted molar refractivity (Wildman–Crippen MR) is 85.2 cm³/mol. The minimum Gasteiger partial charge on any atom is -0.378 e. The quantitative estimate of drug-likeness (QED) is 0.791. The van der Waals surface area contributed by atoms with Gasteiger partial charge in [-0.2, -0.15) is 0 Å². The molecule has 0 aromatic heterocycles. The molecule has 4 nitrogen and oxygen atoms in total. The van der Waals surface area contributed by atoms with Crippen molar-refractivity contribution in [3.8, 4) is 0 Å². The standard InChI is InChI=1S/C17H32N2O2/c1-5-17(6-2)14(11-15(17)21-7-3)19-16(20)13-8-9-18-12(4)10-13/h12-15,18H,5-11H2,1-4H3,(H,19,20)/t12-,13-,14?,15?/m0/s1. The van der Waals surface area contributed by atoms with E-state index >= 15 is 0 Å². The van der Waals surface area contributed by atoms with Gasteiger partial charge in [0, 0.05) is 30.0 Å². The van der Waals surface area contributed by atoms with Crippen LogP contribution in [-0.2, 0) is 9.53 Å². The van der Waals surface area contributed by atoms with Gasteiger partial charge in [0.15, 0.2) is 0 Å². The summed E-state index contributed by atoms with van der Waals surface area (Å²) in [6.07, 6.45) is 5.35. The van der Waals surface area contributed by atoms with E-state index in [4.69, 9.17) is 4.74 Å². The van der Waals surface area contributed by atoms with Crippen molar-refractivity contribution in [1.29, 1.82) is 0 Å². The van der Waals surface area contributed by atoms with Crippen molar-refractivity contribution in [3.63, 3.8) is 0 Å². The van der Waals surface area contributed by atoms with Crippen molar-refractivity contribution >= 4 is 5.91 Å². The van der Waals surface area contributed by atoms with E-state index in [-0.39, 0.29) is 17.2 Å². The van der Waals surface area contributed by atoms with E-state index in [1.807, 2.05) is 0 Å². The van der Waals surface area contributed by atoms with E-state index in [9.17, 15) is 4.79 Å². The zero-order valence-corrected chi connectivity index (χ0v) is 14.1. The summed E-state index contributed by atoms with van der Waals surface area (Å²) in [6, 6.07) is 0.746. The normalized spacial score (nSPS) is 35.0. The van der Waals surface area contributed by atoms with Crippen molar-refractivity contribution in [2.24, 2.45) is 11.3 Å². The summed E-state index contributed by atoms with van der Waals surface area (Å²) in [5.41, 5.74) is 0.143. The number of hydrogen-bond donors (Lipinski definition) is 2. The number of rotatable bonds is 6. The molecule has 2 N–H and O–H groups in total. The molecule has 0 spiro atoms. The third kappa shape index (κ3) is 3.26. The maximum Gasteiger partial charge on any atom is 0.223 e. The molecule has 1 heterocycles. The van der Waals surface area contributed by atoms with Crippen LogP contribution in [0.3, 0.4) is 0 Å². The summed E-state index contributed by atoms with van der Waals surface area (Å²) in [6.45, 7) is 10.4. The Labute approximate surface area is 129 Å². The summed E-state index contributed by atoms with van der Waals surface area (Å²) in [5, 5.41) is 6.75. The summed E-state index contributed by atoms with van der Waals surface area (Å²) >= 11 is 0. The Morgan fingerprint density at radius 3 is 2.57 bits per heavy atom. The molecule has 2 aliphatic rings. The first-order valence-corrected chi connectivity index (χ1v) is 8.72. The Hall–Kier alpha value is -0.610. The predicted octanol–water partition coefficient (Wildman–Crippen LogP) is 2.47. The van der Waals surface area contributed by atoms with Gasteiger partial charge in [0.1, 0.15) is 0 Å². The minimum absolute atomic E-state index is 0.143. The molecule has 0 radical (unpaired) electrons. The van der Waals surface area contributed by atoms with Crippen molar-refractivity contribution in [2.45, 2.75) is 78.0 Å². The molecule has 122 valence electrons. The first kappa shape index (κ1) is 16.8. The van der Waals surface area contributed by atoms with Crippen LogP contribution in [0.4, 0.5) is 0 Å². The van der Waals surface area contributed by atoms with Crippen LogP contribution in [0.5, 0.6) is 0 Å². The Morgan fingerprint density at radius 1 is 1.29 bits per heavy atom. The first-order chi connectivity index (χ1) is 10.1. The number of piperidine rings is 1. The molecule has 2 fully saturated rings. The lowest BCUT2D eigenvalue weighted by Crippen LogP contribution is -2.65. The molecule has 1 aliphatic heterocycles. The van der Waals surface area contributed by atoms with Crippen LogP contribution in [0.25, 0.3) is 0 Å². The lowest BCUT2D eigenvalue weighted by molar-refractivity contribution is -0.151. The van der Waals surface area contributed by atoms with Gasteiger partial charge >= 0.3 is 0 Å². The zero-order valence-electron chi connectivity index (χ0n) is 14.1. The summed E-state index contributed by atoms with van der Waals surface area (Å²) < 4.78 is 5.89. The van der Waals surface area contributed by atoms with E-state index in [0.29, 0.717) is 18.2 Å². The van der Waals surface area contributed by atoms with Gasteiger partial charge in [0.2, 0.25) is 5.91 Å². The number of carbonyl (C=O) groups is 1. The Kier molecular flexibility index (Phi) is 5.67. The lowest BCUT2D eigenvalue weighted by atomic mass is 9.58. The molecule has 4 atom stereocenters. The summed E-state index contributed by atoms with van der Waals surface area (Å²) in [7, 11) is 0. The second kappa shape index (κ2) is 7.10. The van der Waals surface area contributed by atoms with Crippen LogP contribution in [-0.4, -0.2) is 37.2 Å². The number of hydrogen-bond acceptors (Lipinski definition) is 3. The van der Waals surface area contributed by atoms with E-state index in [0.717, 1.165) is 45.3 Å². The summed E-state index contributed by atoms with van der Waals surface area (Å²) in [4.78, 5) is 12.6. The molecular formula is C17H32N2O2. The number of nitrogens with one attached hydrogen (secondary N) is 2. The molecule has 0 aromatic rings. The zero-order chi connectivity index (χ0) is 15.5. The Morgan fingerprint density at radius 2 is 2.00 bits per heavy atom. The van der Waals surface area contributed by atoms with E-state index in [2.05, 4.69) is 38.3 Å². The van der Waals surface area contributed by atoms with Gasteiger partial charge < -0.3 is 15.4 Å². The van der Waals surface area contributed by atoms with Crippen LogP contribution in [0.2, 0.25) is 0 Å². The van der Waals surface area contributed by atoms with Crippen LogP contribution >= 0.6 is 0 Å². The fourth-order valence-electron chi connectivity index (χ4n) is 4.24. The molecule has 0 aromatic carbocycles. The SMILES string of the molecule is CCOC1CC(NC(=O)[C@H]2CCN[C@@H](C)C2)C1(CC)CC. The molecule has 1 aliphatic carbocycles. The van der Waals surface area contributed by atoms with Crippen molar-refractivity contribution in [3.05, 3.63) is 0 Å². The van der Waals surface area contributed by atoms with E-state index in [1.165, 1.54) is 0 Å². The molecular weight excluding hydrogens is 264 g/mol. The van der Waals surface area contributed by atoms with Gasteiger partial charge in [-0.25, -0.2) is 0 Å². The lowest BCUT2D eigenvalue weighted by Gasteiger charge is -2.55. The largest absolute Gasteiger partial charge is 0.378 e. The highest BCUT2D eigenvalue weighted by molar-refractivity contribution is 5.79. The van der Waals surface area contributed by atoms with Gasteiger partial charge in [-0.15, -0.1) is 0 Å². The van der Waals surface area contributed by atoms with Crippen LogP contribution in [0, 0.1) is 11.3 Å². The topological polar surface area (TPSA) is 50.4 Å². The van der Waals surface area contributed by atoms with Gasteiger partial charge in [-0.05, 0) is 52.5 Å². The van der Waals surface area contributed by atoms with Crippen molar-refractivity contribution in [1.82, 2.24) is 10.6 Å². The van der Waals surface area contributed by atoms with E-state index < -0.39 is 0 Å². The van der Waals surface area contributed by atoms with Gasteiger partial charge in [-0.3, -0.25) is 4.79 Å². The molecule has 1 amide bonds. The van der Waals surface area contributed by atoms with Crippen LogP contribution < -0.4 is 10.6 Å². The monoisotopic (exact) mass is 296 g/mol. The van der Waals surface area contributed by atoms with E-state index in [1.54, 1.807) is 0 Å². The maximum absolute atomic E-state index is 12.6. The molecule has 1 saturated heterocycles. The fraction of sp³-hybridized carbons (Fsp3) is 0.941. The average molecular weight is 296 g/mol. The molecule has 21 heavy (non-hydrogen) atoms. The highest BCUT2D eigenvalue weighted by Gasteiger charge is 2.54. The van der Waals surface area contributed by atoms with Crippen molar-refractivity contribution in [2.75, 3.05) is 13.2 Å². The van der Waals surface area contributed by atoms with Gasteiger partial charge in [-0.1, -0.05) is 13.8 Å². The minimum atomic E-state index is 0.143. The average Bonchev–Trinajstić information content (AvgIpc) is 2.47. The van der Waals surface area contributed by atoms with Crippen LogP contribution in [0.15, 0.2) is 0 Å². The molecule has 0 bridgehead atoms. The Bertz CT molecular complexity index is 355. The highest BCUT2D eigenvalue weighted by Crippen LogP contribution is 2.49. The van der Waals surface area contributed by atoms with Gasteiger partial charge in [0.25, 0.3) is 0 Å². The summed E-state index contributed by atoms with van der Waals surface area (Å²) in [5.74, 6) is 0.438. The van der Waals surface area contributed by atoms with Gasteiger partial charge in [0.05, 0.1) is 6.10 Å². The third-order valence-electron chi connectivity index (χ3n) is 5.78. The second-order valence-electron chi connectivity index (χ2n) is 6.76. The highest BCUT2D eigenvalue weighted by atomic mass is 16.5. The number of ether oxygens (including phenoxy) is 1. The molecule has 4 heteroatoms. The molecule has 1 saturated carbocycles. The smallest absolute Gasteiger partial charge is 0.223 e. The first-order valence-electron chi connectivity index (χ1n) is 8.72. The second-order valence-corrected chi connectivity index (χ2v) is 6.76. The van der Waals surface area contributed by atoms with Crippen molar-refractivity contribution < 1.29 is 9.53 Å². The fourth-order valence-corrected chi connectivity index (χ4v) is 4.24.